The van der Waals surface area contributed by atoms with Crippen molar-refractivity contribution in [1.29, 1.82) is 0 Å². The summed E-state index contributed by atoms with van der Waals surface area (Å²) in [5, 5.41) is 6.39. The summed E-state index contributed by atoms with van der Waals surface area (Å²) >= 11 is 12.1. The van der Waals surface area contributed by atoms with Crippen LogP contribution in [0.25, 0.3) is 0 Å². The first-order valence-corrected chi connectivity index (χ1v) is 10.7. The number of rotatable bonds is 6. The molecule has 2 amide bonds. The molecule has 0 aliphatic heterocycles. The van der Waals surface area contributed by atoms with Gasteiger partial charge in [0.25, 0.3) is 11.8 Å². The maximum absolute atomic E-state index is 12.4. The minimum atomic E-state index is -0.288. The van der Waals surface area contributed by atoms with Gasteiger partial charge in [0.2, 0.25) is 0 Å². The van der Waals surface area contributed by atoms with E-state index < -0.39 is 0 Å². The summed E-state index contributed by atoms with van der Waals surface area (Å²) in [4.78, 5) is 24.7. The second-order valence-corrected chi connectivity index (χ2v) is 7.83. The van der Waals surface area contributed by atoms with Crippen molar-refractivity contribution < 1.29 is 14.3 Å². The molecule has 33 heavy (non-hydrogen) atoms. The molecule has 4 aromatic carbocycles. The molecule has 4 aromatic rings. The van der Waals surface area contributed by atoms with Gasteiger partial charge >= 0.3 is 0 Å². The van der Waals surface area contributed by atoms with Crippen molar-refractivity contribution in [3.8, 4) is 11.5 Å². The predicted octanol–water partition coefficient (Wildman–Crippen LogP) is 7.29. The highest BCUT2D eigenvalue weighted by atomic mass is 35.5. The predicted molar refractivity (Wildman–Crippen MR) is 132 cm³/mol. The van der Waals surface area contributed by atoms with E-state index in [1.807, 2.05) is 0 Å². The molecule has 0 atom stereocenters. The lowest BCUT2D eigenvalue weighted by molar-refractivity contribution is 0.101. The monoisotopic (exact) mass is 476 g/mol. The van der Waals surface area contributed by atoms with E-state index in [9.17, 15) is 9.59 Å². The first kappa shape index (κ1) is 22.4. The van der Waals surface area contributed by atoms with Crippen LogP contribution in [0.5, 0.6) is 11.5 Å². The maximum atomic E-state index is 12.4. The van der Waals surface area contributed by atoms with E-state index in [4.69, 9.17) is 27.9 Å². The number of nitrogens with one attached hydrogen (secondary N) is 2. The van der Waals surface area contributed by atoms with Gasteiger partial charge in [0.15, 0.2) is 0 Å². The van der Waals surface area contributed by atoms with Crippen LogP contribution in [0.3, 0.4) is 0 Å². The van der Waals surface area contributed by atoms with Crippen LogP contribution in [0.15, 0.2) is 97.1 Å². The molecule has 0 unspecified atom stereocenters. The smallest absolute Gasteiger partial charge is 0.257 e. The zero-order valence-electron chi connectivity index (χ0n) is 17.2. The Morgan fingerprint density at radius 3 is 1.27 bits per heavy atom. The lowest BCUT2D eigenvalue weighted by Crippen LogP contribution is -2.12. The molecule has 5 nitrogen and oxygen atoms in total. The normalized spacial score (nSPS) is 10.4. The van der Waals surface area contributed by atoms with E-state index in [0.717, 1.165) is 0 Å². The van der Waals surface area contributed by atoms with Crippen molar-refractivity contribution in [2.24, 2.45) is 0 Å². The fourth-order valence-electron chi connectivity index (χ4n) is 3.04. The van der Waals surface area contributed by atoms with Crippen LogP contribution in [0, 0.1) is 0 Å². The number of hydrogen-bond acceptors (Lipinski definition) is 3. The zero-order valence-corrected chi connectivity index (χ0v) is 18.7. The van der Waals surface area contributed by atoms with Crippen molar-refractivity contribution in [1.82, 2.24) is 0 Å². The summed E-state index contributed by atoms with van der Waals surface area (Å²) in [7, 11) is 0. The van der Waals surface area contributed by atoms with Crippen molar-refractivity contribution >= 4 is 46.4 Å². The van der Waals surface area contributed by atoms with Gasteiger partial charge in [-0.15, -0.1) is 0 Å². The Morgan fingerprint density at radius 2 is 0.909 bits per heavy atom. The molecule has 0 saturated heterocycles. The first-order chi connectivity index (χ1) is 16.0. The molecule has 0 aliphatic rings. The molecule has 7 heteroatoms. The second kappa shape index (κ2) is 10.2. The third-order valence-corrected chi connectivity index (χ3v) is 5.36. The van der Waals surface area contributed by atoms with E-state index in [1.54, 1.807) is 97.1 Å². The molecule has 2 N–H and O–H groups in total. The van der Waals surface area contributed by atoms with E-state index >= 15 is 0 Å². The Bertz CT molecular complexity index is 1190. The average molecular weight is 477 g/mol. The number of carbonyl (C=O) groups is 2. The van der Waals surface area contributed by atoms with E-state index in [-0.39, 0.29) is 11.8 Å². The fraction of sp³-hybridized carbons (Fsp3) is 0. The van der Waals surface area contributed by atoms with Crippen LogP contribution in [0.4, 0.5) is 11.4 Å². The first-order valence-electron chi connectivity index (χ1n) is 9.99. The molecule has 4 rings (SSSR count). The van der Waals surface area contributed by atoms with Gasteiger partial charge in [-0.2, -0.15) is 0 Å². The zero-order chi connectivity index (χ0) is 23.2. The minimum Gasteiger partial charge on any atom is -0.457 e. The lowest BCUT2D eigenvalue weighted by Gasteiger charge is -2.10. The Balaban J connectivity index is 1.35. The van der Waals surface area contributed by atoms with Gasteiger partial charge in [-0.25, -0.2) is 0 Å². The Hall–Kier alpha value is -3.80. The van der Waals surface area contributed by atoms with Crippen molar-refractivity contribution in [2.45, 2.75) is 0 Å². The number of ether oxygens (including phenoxy) is 1. The number of halogens is 2. The van der Waals surface area contributed by atoms with Crippen LogP contribution in [0.1, 0.15) is 20.7 Å². The average Bonchev–Trinajstić information content (AvgIpc) is 2.82. The lowest BCUT2D eigenvalue weighted by atomic mass is 10.2. The Labute approximate surface area is 200 Å². The summed E-state index contributed by atoms with van der Waals surface area (Å²) in [6.07, 6.45) is 0. The number of benzene rings is 4. The molecule has 0 aromatic heterocycles. The minimum absolute atomic E-state index is 0.288. The second-order valence-electron chi connectivity index (χ2n) is 7.02. The standard InChI is InChI=1S/C26H18Cl2N2O3/c27-23-7-3-1-5-21(23)25(31)29-17-9-13-19(14-10-17)33-20-15-11-18(12-16-20)30-26(32)22-6-2-4-8-24(22)28/h1-16H,(H,29,31)(H,30,32). The van der Waals surface area contributed by atoms with E-state index in [2.05, 4.69) is 10.6 Å². The SMILES string of the molecule is O=C(Nc1ccc(Oc2ccc(NC(=O)c3ccccc3Cl)cc2)cc1)c1ccccc1Cl. The molecule has 0 spiro atoms. The summed E-state index contributed by atoms with van der Waals surface area (Å²) in [5.41, 5.74) is 2.04. The summed E-state index contributed by atoms with van der Waals surface area (Å²) in [5.74, 6) is 0.615. The van der Waals surface area contributed by atoms with Gasteiger partial charge in [0.05, 0.1) is 21.2 Å². The van der Waals surface area contributed by atoms with Crippen LogP contribution >= 0.6 is 23.2 Å². The summed E-state index contributed by atoms with van der Waals surface area (Å²) in [6.45, 7) is 0. The summed E-state index contributed by atoms with van der Waals surface area (Å²) in [6, 6.07) is 27.6. The van der Waals surface area contributed by atoms with Crippen LogP contribution in [0.2, 0.25) is 10.0 Å². The Kier molecular flexibility index (Phi) is 6.93. The molecular weight excluding hydrogens is 459 g/mol. The molecule has 0 saturated carbocycles. The number of carbonyl (C=O) groups excluding carboxylic acids is 2. The fourth-order valence-corrected chi connectivity index (χ4v) is 3.48. The highest BCUT2D eigenvalue weighted by molar-refractivity contribution is 6.34. The van der Waals surface area contributed by atoms with Gasteiger partial charge in [-0.1, -0.05) is 47.5 Å². The molecule has 0 radical (unpaired) electrons. The molecule has 0 fully saturated rings. The van der Waals surface area contributed by atoms with Crippen molar-refractivity contribution in [2.75, 3.05) is 10.6 Å². The van der Waals surface area contributed by atoms with E-state index in [1.165, 1.54) is 0 Å². The molecule has 164 valence electrons. The highest BCUT2D eigenvalue weighted by Crippen LogP contribution is 2.26. The topological polar surface area (TPSA) is 67.4 Å². The number of hydrogen-bond donors (Lipinski definition) is 2. The van der Waals surface area contributed by atoms with Gasteiger partial charge in [-0.05, 0) is 72.8 Å². The number of anilines is 2. The van der Waals surface area contributed by atoms with E-state index in [0.29, 0.717) is 44.0 Å². The van der Waals surface area contributed by atoms with Gasteiger partial charge < -0.3 is 15.4 Å². The van der Waals surface area contributed by atoms with Gasteiger partial charge in [0.1, 0.15) is 11.5 Å². The summed E-state index contributed by atoms with van der Waals surface area (Å²) < 4.78 is 5.84. The quantitative estimate of drug-likeness (QED) is 0.307. The third-order valence-electron chi connectivity index (χ3n) is 4.70. The molecule has 0 aliphatic carbocycles. The maximum Gasteiger partial charge on any atom is 0.257 e. The van der Waals surface area contributed by atoms with Gasteiger partial charge in [0, 0.05) is 11.4 Å². The van der Waals surface area contributed by atoms with Crippen molar-refractivity contribution in [3.63, 3.8) is 0 Å². The number of amides is 2. The molecule has 0 heterocycles. The van der Waals surface area contributed by atoms with Crippen LogP contribution < -0.4 is 15.4 Å². The highest BCUT2D eigenvalue weighted by Gasteiger charge is 2.11. The largest absolute Gasteiger partial charge is 0.457 e. The van der Waals surface area contributed by atoms with Gasteiger partial charge in [-0.3, -0.25) is 9.59 Å². The molecular formula is C26H18Cl2N2O3. The van der Waals surface area contributed by atoms with Crippen molar-refractivity contribution in [3.05, 3.63) is 118 Å². The Morgan fingerprint density at radius 1 is 0.545 bits per heavy atom. The molecule has 0 bridgehead atoms. The third kappa shape index (κ3) is 5.71. The van der Waals surface area contributed by atoms with Crippen LogP contribution in [-0.4, -0.2) is 11.8 Å². The van der Waals surface area contributed by atoms with Crippen LogP contribution in [-0.2, 0) is 0 Å².